The number of halogens is 1. The minimum Gasteiger partial charge on any atom is -0.494 e. The number of aromatic amines is 1. The standard InChI is InChI=1S/C28H23BrN4O3/c1-2-34-20-10-6-9-18(13-20)26-25-24(22(15-30)27(31)36-28(25)33-32-26)21-14-19(29)11-12-23(21)35-16-17-7-4-3-5-8-17/h3-14,24H,2,16,31H2,1H3,(H,32,33). The van der Waals surface area contributed by atoms with E-state index in [-0.39, 0.29) is 11.5 Å². The van der Waals surface area contributed by atoms with Crippen LogP contribution in [0.1, 0.15) is 29.5 Å². The van der Waals surface area contributed by atoms with Gasteiger partial charge < -0.3 is 19.9 Å². The molecule has 3 aromatic carbocycles. The Kier molecular flexibility index (Phi) is 6.65. The summed E-state index contributed by atoms with van der Waals surface area (Å²) in [4.78, 5) is 0. The maximum absolute atomic E-state index is 10.1. The van der Waals surface area contributed by atoms with Gasteiger partial charge in [0.25, 0.3) is 0 Å². The zero-order chi connectivity index (χ0) is 25.1. The van der Waals surface area contributed by atoms with Crippen molar-refractivity contribution >= 4 is 15.9 Å². The number of hydrogen-bond donors (Lipinski definition) is 2. The molecule has 1 aliphatic rings. The summed E-state index contributed by atoms with van der Waals surface area (Å²) < 4.78 is 18.6. The molecule has 8 heteroatoms. The summed E-state index contributed by atoms with van der Waals surface area (Å²) in [5, 5.41) is 17.6. The number of nitrogens with two attached hydrogens (primary N) is 1. The van der Waals surface area contributed by atoms with Gasteiger partial charge in [-0.2, -0.15) is 5.26 Å². The van der Waals surface area contributed by atoms with E-state index in [1.54, 1.807) is 0 Å². The quantitative estimate of drug-likeness (QED) is 0.295. The van der Waals surface area contributed by atoms with Crippen molar-refractivity contribution in [3.05, 3.63) is 105 Å². The summed E-state index contributed by atoms with van der Waals surface area (Å²) >= 11 is 3.58. The van der Waals surface area contributed by atoms with Gasteiger partial charge in [-0.3, -0.25) is 5.10 Å². The van der Waals surface area contributed by atoms with Crippen LogP contribution in [0.5, 0.6) is 17.4 Å². The van der Waals surface area contributed by atoms with Crippen molar-refractivity contribution in [1.82, 2.24) is 10.2 Å². The van der Waals surface area contributed by atoms with E-state index in [4.69, 9.17) is 19.9 Å². The number of hydrogen-bond acceptors (Lipinski definition) is 6. The molecule has 0 aliphatic carbocycles. The number of nitrogens with zero attached hydrogens (tertiary/aromatic N) is 2. The van der Waals surface area contributed by atoms with Crippen molar-refractivity contribution in [2.24, 2.45) is 5.73 Å². The first kappa shape index (κ1) is 23.5. The molecular formula is C28H23BrN4O3. The second-order valence-corrected chi connectivity index (χ2v) is 9.08. The van der Waals surface area contributed by atoms with Gasteiger partial charge in [0.05, 0.1) is 23.8 Å². The van der Waals surface area contributed by atoms with Gasteiger partial charge >= 0.3 is 0 Å². The fourth-order valence-corrected chi connectivity index (χ4v) is 4.67. The monoisotopic (exact) mass is 542 g/mol. The van der Waals surface area contributed by atoms with Crippen molar-refractivity contribution in [2.75, 3.05) is 6.61 Å². The smallest absolute Gasteiger partial charge is 0.244 e. The molecule has 1 atom stereocenters. The Hall–Kier alpha value is -4.22. The molecule has 0 spiro atoms. The van der Waals surface area contributed by atoms with Crippen molar-refractivity contribution in [1.29, 1.82) is 5.26 Å². The zero-order valence-electron chi connectivity index (χ0n) is 19.5. The van der Waals surface area contributed by atoms with Crippen molar-refractivity contribution in [2.45, 2.75) is 19.4 Å². The second kappa shape index (κ2) is 10.2. The normalized spacial score (nSPS) is 14.5. The number of allylic oxidation sites excluding steroid dienone is 1. The predicted octanol–water partition coefficient (Wildman–Crippen LogP) is 6.04. The Morgan fingerprint density at radius 2 is 1.92 bits per heavy atom. The molecule has 1 aromatic heterocycles. The van der Waals surface area contributed by atoms with Crippen molar-refractivity contribution in [3.8, 4) is 34.7 Å². The Bertz CT molecular complexity index is 1470. The van der Waals surface area contributed by atoms with E-state index in [9.17, 15) is 5.26 Å². The fourth-order valence-electron chi connectivity index (χ4n) is 4.30. The summed E-state index contributed by atoms with van der Waals surface area (Å²) in [5.41, 5.74) is 10.6. The Balaban J connectivity index is 1.64. The van der Waals surface area contributed by atoms with E-state index in [1.165, 1.54) is 0 Å². The molecule has 0 bridgehead atoms. The lowest BCUT2D eigenvalue weighted by atomic mass is 9.82. The van der Waals surface area contributed by atoms with Crippen molar-refractivity contribution in [3.63, 3.8) is 0 Å². The van der Waals surface area contributed by atoms with Crippen LogP contribution in [-0.4, -0.2) is 16.8 Å². The molecule has 0 saturated carbocycles. The van der Waals surface area contributed by atoms with Crippen LogP contribution in [-0.2, 0) is 6.61 Å². The third-order valence-corrected chi connectivity index (χ3v) is 6.39. The van der Waals surface area contributed by atoms with Gasteiger partial charge in [-0.15, -0.1) is 5.10 Å². The molecule has 36 heavy (non-hydrogen) atoms. The van der Waals surface area contributed by atoms with Crippen LogP contribution in [0.2, 0.25) is 0 Å². The summed E-state index contributed by atoms with van der Waals surface area (Å²) in [6.45, 7) is 2.86. The SMILES string of the molecule is CCOc1cccc(-c2[nH]nc3c2C(c2cc(Br)ccc2OCc2ccccc2)C(C#N)=C(N)O3)c1. The zero-order valence-corrected chi connectivity index (χ0v) is 21.1. The van der Waals surface area contributed by atoms with Crippen LogP contribution in [0.4, 0.5) is 0 Å². The fraction of sp³-hybridized carbons (Fsp3) is 0.143. The first-order valence-corrected chi connectivity index (χ1v) is 12.2. The van der Waals surface area contributed by atoms with E-state index in [2.05, 4.69) is 32.2 Å². The molecule has 0 fully saturated rings. The summed E-state index contributed by atoms with van der Waals surface area (Å²) in [6.07, 6.45) is 0. The maximum atomic E-state index is 10.1. The lowest BCUT2D eigenvalue weighted by Gasteiger charge is -2.26. The summed E-state index contributed by atoms with van der Waals surface area (Å²) in [5.74, 6) is 1.14. The topological polar surface area (TPSA) is 106 Å². The largest absolute Gasteiger partial charge is 0.494 e. The van der Waals surface area contributed by atoms with Crippen LogP contribution in [0.3, 0.4) is 0 Å². The molecule has 0 radical (unpaired) electrons. The van der Waals surface area contributed by atoms with Crippen LogP contribution < -0.4 is 19.9 Å². The van der Waals surface area contributed by atoms with E-state index < -0.39 is 5.92 Å². The average molecular weight is 543 g/mol. The van der Waals surface area contributed by atoms with Gasteiger partial charge in [-0.05, 0) is 42.8 Å². The van der Waals surface area contributed by atoms with Crippen LogP contribution >= 0.6 is 15.9 Å². The number of nitrogens with one attached hydrogen (secondary N) is 1. The Morgan fingerprint density at radius 3 is 2.69 bits per heavy atom. The average Bonchev–Trinajstić information content (AvgIpc) is 3.31. The molecule has 1 unspecified atom stereocenters. The molecule has 0 amide bonds. The number of H-pyrrole nitrogens is 1. The van der Waals surface area contributed by atoms with E-state index in [1.807, 2.05) is 79.7 Å². The van der Waals surface area contributed by atoms with E-state index in [0.29, 0.717) is 36.1 Å². The number of ether oxygens (including phenoxy) is 3. The van der Waals surface area contributed by atoms with Crippen LogP contribution in [0.15, 0.2) is 88.7 Å². The van der Waals surface area contributed by atoms with Gasteiger partial charge in [0.15, 0.2) is 0 Å². The second-order valence-electron chi connectivity index (χ2n) is 8.16. The van der Waals surface area contributed by atoms with Crippen molar-refractivity contribution < 1.29 is 14.2 Å². The number of aromatic nitrogens is 2. The van der Waals surface area contributed by atoms with Gasteiger partial charge in [-0.1, -0.05) is 58.4 Å². The molecule has 0 saturated heterocycles. The number of rotatable bonds is 7. The Morgan fingerprint density at radius 1 is 1.08 bits per heavy atom. The molecule has 1 aliphatic heterocycles. The highest BCUT2D eigenvalue weighted by atomic mass is 79.9. The van der Waals surface area contributed by atoms with Gasteiger partial charge in [0.1, 0.15) is 29.7 Å². The molecule has 3 N–H and O–H groups in total. The molecule has 2 heterocycles. The molecule has 7 nitrogen and oxygen atoms in total. The van der Waals surface area contributed by atoms with Crippen LogP contribution in [0.25, 0.3) is 11.3 Å². The van der Waals surface area contributed by atoms with E-state index in [0.717, 1.165) is 26.9 Å². The maximum Gasteiger partial charge on any atom is 0.244 e. The van der Waals surface area contributed by atoms with E-state index >= 15 is 0 Å². The first-order chi connectivity index (χ1) is 17.6. The van der Waals surface area contributed by atoms with Gasteiger partial charge in [0, 0.05) is 15.6 Å². The minimum absolute atomic E-state index is 0.0186. The first-order valence-electron chi connectivity index (χ1n) is 11.4. The summed E-state index contributed by atoms with van der Waals surface area (Å²) in [6, 6.07) is 25.6. The highest BCUT2D eigenvalue weighted by Gasteiger charge is 2.37. The van der Waals surface area contributed by atoms with Gasteiger partial charge in [0.2, 0.25) is 11.8 Å². The molecule has 180 valence electrons. The lowest BCUT2D eigenvalue weighted by molar-refractivity contribution is 0.301. The highest BCUT2D eigenvalue weighted by Crippen LogP contribution is 2.48. The van der Waals surface area contributed by atoms with Gasteiger partial charge in [-0.25, -0.2) is 0 Å². The third kappa shape index (κ3) is 4.53. The highest BCUT2D eigenvalue weighted by molar-refractivity contribution is 9.10. The molecule has 4 aromatic rings. The Labute approximate surface area is 217 Å². The number of benzene rings is 3. The third-order valence-electron chi connectivity index (χ3n) is 5.89. The minimum atomic E-state index is -0.563. The molecular weight excluding hydrogens is 520 g/mol. The molecule has 5 rings (SSSR count). The lowest BCUT2D eigenvalue weighted by Crippen LogP contribution is -2.21. The number of nitriles is 1. The van der Waals surface area contributed by atoms with Crippen LogP contribution in [0, 0.1) is 11.3 Å². The number of fused-ring (bicyclic) bond motifs is 1. The predicted molar refractivity (Wildman–Crippen MR) is 139 cm³/mol. The summed E-state index contributed by atoms with van der Waals surface area (Å²) in [7, 11) is 0.